The average molecular weight is 445 g/mol. The lowest BCUT2D eigenvalue weighted by Crippen LogP contribution is -2.34. The fourth-order valence-electron chi connectivity index (χ4n) is 3.97. The highest BCUT2D eigenvalue weighted by atomic mass is 35.5. The minimum atomic E-state index is -0.174. The third kappa shape index (κ3) is 3.30. The molecule has 0 amide bonds. The van der Waals surface area contributed by atoms with E-state index < -0.39 is 0 Å². The standard InChI is InChI=1S/C21H18Cl2N4OS/c1-12-24-21-27(25-12)20(28)19(29-21)18(14-6-7-16(22)17(23)10-14)26-9-8-13-4-2-3-5-15(13)11-26/h2-7,10,18,28H,8-9,11H2,1H3. The van der Waals surface area contributed by atoms with Crippen LogP contribution in [0.4, 0.5) is 0 Å². The Morgan fingerprint density at radius 1 is 1.10 bits per heavy atom. The van der Waals surface area contributed by atoms with Crippen molar-refractivity contribution in [3.8, 4) is 5.88 Å². The third-order valence-corrected chi connectivity index (χ3v) is 7.15. The Hall–Kier alpha value is -2.12. The molecule has 1 atom stereocenters. The average Bonchev–Trinajstić information content (AvgIpc) is 3.22. The van der Waals surface area contributed by atoms with Gasteiger partial charge >= 0.3 is 0 Å². The molecule has 5 rings (SSSR count). The second-order valence-corrected chi connectivity index (χ2v) is 9.03. The van der Waals surface area contributed by atoms with Gasteiger partial charge in [0.1, 0.15) is 5.82 Å². The number of fused-ring (bicyclic) bond motifs is 2. The first-order chi connectivity index (χ1) is 14.0. The molecule has 5 nitrogen and oxygen atoms in total. The molecule has 148 valence electrons. The number of nitrogens with zero attached hydrogens (tertiary/aromatic N) is 4. The molecule has 0 bridgehead atoms. The number of benzene rings is 2. The van der Waals surface area contributed by atoms with Crippen LogP contribution in [0.3, 0.4) is 0 Å². The van der Waals surface area contributed by atoms with Crippen molar-refractivity contribution in [1.29, 1.82) is 0 Å². The summed E-state index contributed by atoms with van der Waals surface area (Å²) in [4.78, 5) is 8.27. The smallest absolute Gasteiger partial charge is 0.230 e. The van der Waals surface area contributed by atoms with Gasteiger partial charge in [-0.25, -0.2) is 4.98 Å². The van der Waals surface area contributed by atoms with E-state index in [4.69, 9.17) is 23.2 Å². The van der Waals surface area contributed by atoms with E-state index >= 15 is 0 Å². The van der Waals surface area contributed by atoms with Gasteiger partial charge in [0.05, 0.1) is 21.0 Å². The van der Waals surface area contributed by atoms with Crippen LogP contribution in [0.2, 0.25) is 10.0 Å². The molecule has 0 saturated carbocycles. The summed E-state index contributed by atoms with van der Waals surface area (Å²) in [5.74, 6) is 0.761. The van der Waals surface area contributed by atoms with E-state index in [1.807, 2.05) is 25.1 Å². The van der Waals surface area contributed by atoms with Crippen molar-refractivity contribution in [2.45, 2.75) is 25.9 Å². The molecule has 8 heteroatoms. The van der Waals surface area contributed by atoms with E-state index in [-0.39, 0.29) is 11.9 Å². The predicted octanol–water partition coefficient (Wildman–Crippen LogP) is 5.26. The molecule has 0 aliphatic carbocycles. The van der Waals surface area contributed by atoms with Crippen molar-refractivity contribution in [3.63, 3.8) is 0 Å². The second kappa shape index (κ2) is 7.29. The zero-order valence-electron chi connectivity index (χ0n) is 15.6. The van der Waals surface area contributed by atoms with Gasteiger partial charge in [0.2, 0.25) is 10.8 Å². The summed E-state index contributed by atoms with van der Waals surface area (Å²) < 4.78 is 1.51. The van der Waals surface area contributed by atoms with Gasteiger partial charge in [-0.05, 0) is 42.2 Å². The molecule has 2 aromatic heterocycles. The highest BCUT2D eigenvalue weighted by Gasteiger charge is 2.31. The lowest BCUT2D eigenvalue weighted by Gasteiger charge is -2.35. The Balaban J connectivity index is 1.64. The van der Waals surface area contributed by atoms with E-state index in [1.165, 1.54) is 27.0 Å². The molecular weight excluding hydrogens is 427 g/mol. The van der Waals surface area contributed by atoms with Crippen LogP contribution in [0.1, 0.15) is 33.4 Å². The monoisotopic (exact) mass is 444 g/mol. The maximum Gasteiger partial charge on any atom is 0.230 e. The van der Waals surface area contributed by atoms with E-state index in [0.717, 1.165) is 30.0 Å². The molecule has 0 fully saturated rings. The number of thiazole rings is 1. The number of aryl methyl sites for hydroxylation is 1. The van der Waals surface area contributed by atoms with E-state index in [1.54, 1.807) is 0 Å². The molecule has 1 aliphatic heterocycles. The Morgan fingerprint density at radius 2 is 1.90 bits per heavy atom. The first kappa shape index (κ1) is 18.9. The fourth-order valence-corrected chi connectivity index (χ4v) is 5.44. The molecule has 1 unspecified atom stereocenters. The maximum absolute atomic E-state index is 11.0. The van der Waals surface area contributed by atoms with Gasteiger partial charge < -0.3 is 5.11 Å². The molecule has 1 aliphatic rings. The van der Waals surface area contributed by atoms with Crippen LogP contribution in [-0.2, 0) is 13.0 Å². The van der Waals surface area contributed by atoms with Gasteiger partial charge in [-0.3, -0.25) is 4.90 Å². The minimum absolute atomic E-state index is 0.125. The summed E-state index contributed by atoms with van der Waals surface area (Å²) in [5, 5.41) is 16.3. The number of hydrogen-bond donors (Lipinski definition) is 1. The van der Waals surface area contributed by atoms with Crippen LogP contribution < -0.4 is 0 Å². The molecule has 0 saturated heterocycles. The van der Waals surface area contributed by atoms with Crippen molar-refractivity contribution in [2.75, 3.05) is 6.54 Å². The summed E-state index contributed by atoms with van der Waals surface area (Å²) in [6.45, 7) is 3.47. The van der Waals surface area contributed by atoms with Crippen LogP contribution in [0.25, 0.3) is 4.96 Å². The summed E-state index contributed by atoms with van der Waals surface area (Å²) in [5.41, 5.74) is 3.66. The number of hydrogen-bond acceptors (Lipinski definition) is 5. The van der Waals surface area contributed by atoms with Gasteiger partial charge in [-0.2, -0.15) is 4.52 Å². The zero-order chi connectivity index (χ0) is 20.1. The van der Waals surface area contributed by atoms with E-state index in [9.17, 15) is 5.11 Å². The summed E-state index contributed by atoms with van der Waals surface area (Å²) in [7, 11) is 0. The molecule has 3 heterocycles. The van der Waals surface area contributed by atoms with Crippen molar-refractivity contribution in [3.05, 3.63) is 79.9 Å². The second-order valence-electron chi connectivity index (χ2n) is 7.21. The van der Waals surface area contributed by atoms with Gasteiger partial charge in [-0.15, -0.1) is 5.10 Å². The van der Waals surface area contributed by atoms with Crippen LogP contribution in [0.5, 0.6) is 5.88 Å². The van der Waals surface area contributed by atoms with Crippen molar-refractivity contribution >= 4 is 39.5 Å². The number of aromatic nitrogens is 3. The topological polar surface area (TPSA) is 53.7 Å². The zero-order valence-corrected chi connectivity index (χ0v) is 18.0. The largest absolute Gasteiger partial charge is 0.492 e. The molecule has 0 radical (unpaired) electrons. The summed E-state index contributed by atoms with van der Waals surface area (Å²) in [6, 6.07) is 14.0. The number of aromatic hydroxyl groups is 1. The highest BCUT2D eigenvalue weighted by molar-refractivity contribution is 7.17. The Morgan fingerprint density at radius 3 is 2.66 bits per heavy atom. The molecular formula is C21H18Cl2N4OS. The van der Waals surface area contributed by atoms with Crippen LogP contribution in [-0.4, -0.2) is 31.1 Å². The summed E-state index contributed by atoms with van der Waals surface area (Å²) in [6.07, 6.45) is 0.953. The first-order valence-corrected chi connectivity index (χ1v) is 10.9. The van der Waals surface area contributed by atoms with Crippen molar-refractivity contribution in [2.24, 2.45) is 0 Å². The Kier molecular flexibility index (Phi) is 4.75. The van der Waals surface area contributed by atoms with E-state index in [2.05, 4.69) is 39.2 Å². The van der Waals surface area contributed by atoms with Gasteiger partial charge in [0.25, 0.3) is 0 Å². The Bertz CT molecular complexity index is 1220. The van der Waals surface area contributed by atoms with Gasteiger partial charge in [0.15, 0.2) is 0 Å². The van der Waals surface area contributed by atoms with Gasteiger partial charge in [0, 0.05) is 13.1 Å². The quantitative estimate of drug-likeness (QED) is 0.468. The van der Waals surface area contributed by atoms with Crippen LogP contribution >= 0.6 is 34.5 Å². The predicted molar refractivity (Wildman–Crippen MR) is 116 cm³/mol. The van der Waals surface area contributed by atoms with Crippen molar-refractivity contribution < 1.29 is 5.11 Å². The normalized spacial score (nSPS) is 15.6. The van der Waals surface area contributed by atoms with Gasteiger partial charge in [-0.1, -0.05) is 64.9 Å². The SMILES string of the molecule is Cc1nc2sc(C(c3ccc(Cl)c(Cl)c3)N3CCc4ccccc4C3)c(O)n2n1. The molecule has 4 aromatic rings. The lowest BCUT2D eigenvalue weighted by molar-refractivity contribution is 0.205. The molecule has 2 aromatic carbocycles. The lowest BCUT2D eigenvalue weighted by atomic mass is 9.96. The fraction of sp³-hybridized carbons (Fsp3) is 0.238. The van der Waals surface area contributed by atoms with Crippen LogP contribution in [0, 0.1) is 6.92 Å². The minimum Gasteiger partial charge on any atom is -0.492 e. The maximum atomic E-state index is 11.0. The van der Waals surface area contributed by atoms with Crippen molar-refractivity contribution in [1.82, 2.24) is 19.5 Å². The molecule has 0 spiro atoms. The number of halogens is 2. The first-order valence-electron chi connectivity index (χ1n) is 9.32. The number of rotatable bonds is 3. The van der Waals surface area contributed by atoms with Crippen LogP contribution in [0.15, 0.2) is 42.5 Å². The third-order valence-electron chi connectivity index (χ3n) is 5.34. The molecule has 29 heavy (non-hydrogen) atoms. The molecule has 1 N–H and O–H groups in total. The van der Waals surface area contributed by atoms with E-state index in [0.29, 0.717) is 20.8 Å². The summed E-state index contributed by atoms with van der Waals surface area (Å²) >= 11 is 14.0. The highest BCUT2D eigenvalue weighted by Crippen LogP contribution is 2.42. The Labute approximate surface area is 182 Å².